The van der Waals surface area contributed by atoms with Crippen molar-refractivity contribution in [2.45, 2.75) is 29.4 Å². The molecule has 4 rings (SSSR count). The second kappa shape index (κ2) is 8.94. The minimum Gasteiger partial charge on any atom is -0.351 e. The van der Waals surface area contributed by atoms with Crippen molar-refractivity contribution in [2.24, 2.45) is 0 Å². The van der Waals surface area contributed by atoms with Gasteiger partial charge in [-0.25, -0.2) is 4.39 Å². The first-order valence-corrected chi connectivity index (χ1v) is 11.0. The van der Waals surface area contributed by atoms with E-state index in [0.717, 1.165) is 18.4 Å². The van der Waals surface area contributed by atoms with Gasteiger partial charge in [-0.2, -0.15) is 0 Å². The van der Waals surface area contributed by atoms with Crippen molar-refractivity contribution in [2.75, 3.05) is 11.9 Å². The zero-order valence-electron chi connectivity index (χ0n) is 17.2. The average Bonchev–Trinajstić information content (AvgIpc) is 3.54. The lowest BCUT2D eigenvalue weighted by Crippen LogP contribution is -2.32. The summed E-state index contributed by atoms with van der Waals surface area (Å²) in [5, 5.41) is 5.75. The molecule has 0 unspecified atom stereocenters. The summed E-state index contributed by atoms with van der Waals surface area (Å²) in [7, 11) is 0. The third-order valence-corrected chi connectivity index (χ3v) is 6.82. The molecule has 2 N–H and O–H groups in total. The van der Waals surface area contributed by atoms with Crippen LogP contribution in [0.4, 0.5) is 10.1 Å². The number of aryl methyl sites for hydroxylation is 1. The van der Waals surface area contributed by atoms with E-state index >= 15 is 0 Å². The number of hydrogen-bond donors (Lipinski definition) is 2. The summed E-state index contributed by atoms with van der Waals surface area (Å²) in [5.41, 5.74) is 1.43. The van der Waals surface area contributed by atoms with Gasteiger partial charge in [-0.15, -0.1) is 11.8 Å². The van der Waals surface area contributed by atoms with E-state index in [1.807, 2.05) is 18.2 Å². The molecule has 1 fully saturated rings. The van der Waals surface area contributed by atoms with Gasteiger partial charge in [-0.05, 0) is 55.7 Å². The van der Waals surface area contributed by atoms with Crippen LogP contribution in [-0.2, 0) is 0 Å². The molecule has 0 atom stereocenters. The highest BCUT2D eigenvalue weighted by Crippen LogP contribution is 2.51. The van der Waals surface area contributed by atoms with Gasteiger partial charge in [-0.3, -0.25) is 9.59 Å². The minimum absolute atomic E-state index is 0.0113. The van der Waals surface area contributed by atoms with E-state index in [1.54, 1.807) is 43.0 Å². The number of rotatable bonds is 7. The maximum atomic E-state index is 14.0. The van der Waals surface area contributed by atoms with E-state index in [2.05, 4.69) is 22.8 Å². The fraction of sp³-hybridized carbons (Fsp3) is 0.200. The Morgan fingerprint density at radius 2 is 1.58 bits per heavy atom. The first kappa shape index (κ1) is 21.1. The van der Waals surface area contributed by atoms with E-state index in [9.17, 15) is 14.0 Å². The van der Waals surface area contributed by atoms with Crippen LogP contribution in [-0.4, -0.2) is 23.1 Å². The van der Waals surface area contributed by atoms with E-state index in [1.165, 1.54) is 23.1 Å². The number of carbonyl (C=O) groups is 2. The first-order chi connectivity index (χ1) is 15.0. The van der Waals surface area contributed by atoms with Gasteiger partial charge in [0.1, 0.15) is 5.82 Å². The van der Waals surface area contributed by atoms with E-state index in [0.29, 0.717) is 17.8 Å². The zero-order chi connectivity index (χ0) is 21.8. The number of halogens is 1. The highest BCUT2D eigenvalue weighted by molar-refractivity contribution is 8.01. The maximum Gasteiger partial charge on any atom is 0.258 e. The van der Waals surface area contributed by atoms with Crippen molar-refractivity contribution in [3.63, 3.8) is 0 Å². The van der Waals surface area contributed by atoms with Gasteiger partial charge in [0.05, 0.1) is 16.8 Å². The van der Waals surface area contributed by atoms with Crippen molar-refractivity contribution in [3.05, 3.63) is 95.3 Å². The predicted molar refractivity (Wildman–Crippen MR) is 122 cm³/mol. The summed E-state index contributed by atoms with van der Waals surface area (Å²) >= 11 is 1.78. The molecule has 4 nitrogen and oxygen atoms in total. The molecule has 0 radical (unpaired) electrons. The number of nitrogens with one attached hydrogen (secondary N) is 2. The lowest BCUT2D eigenvalue weighted by atomic mass is 10.1. The molecule has 0 aromatic heterocycles. The van der Waals surface area contributed by atoms with Crippen LogP contribution in [0.2, 0.25) is 0 Å². The smallest absolute Gasteiger partial charge is 0.258 e. The van der Waals surface area contributed by atoms with Crippen LogP contribution in [0.3, 0.4) is 0 Å². The lowest BCUT2D eigenvalue weighted by molar-refractivity contribution is 0.0954. The summed E-state index contributed by atoms with van der Waals surface area (Å²) in [6.45, 7) is 2.35. The first-order valence-electron chi connectivity index (χ1n) is 10.2. The van der Waals surface area contributed by atoms with Crippen LogP contribution >= 0.6 is 11.8 Å². The molecule has 0 bridgehead atoms. The summed E-state index contributed by atoms with van der Waals surface area (Å²) in [4.78, 5) is 26.8. The molecule has 3 aromatic carbocycles. The van der Waals surface area contributed by atoms with Gasteiger partial charge in [0, 0.05) is 16.2 Å². The molecular formula is C25H23FN2O2S. The Bertz CT molecular complexity index is 1110. The number of hydrogen-bond acceptors (Lipinski definition) is 3. The van der Waals surface area contributed by atoms with Crippen LogP contribution in [0.1, 0.15) is 39.1 Å². The summed E-state index contributed by atoms with van der Waals surface area (Å²) in [6.07, 6.45) is 2.08. The maximum absolute atomic E-state index is 14.0. The number of para-hydroxylation sites is 1. The van der Waals surface area contributed by atoms with Crippen molar-refractivity contribution >= 4 is 29.3 Å². The SMILES string of the molecule is Cc1cccc(C(=O)NCC2(Sc3ccccc3)CC2)c1NC(=O)c1ccccc1F. The fourth-order valence-electron chi connectivity index (χ4n) is 3.38. The quantitative estimate of drug-likeness (QED) is 0.521. The summed E-state index contributed by atoms with van der Waals surface area (Å²) in [5.74, 6) is -1.44. The molecular weight excluding hydrogens is 411 g/mol. The third-order valence-electron chi connectivity index (χ3n) is 5.33. The molecule has 1 aliphatic carbocycles. The van der Waals surface area contributed by atoms with Crippen LogP contribution in [0.25, 0.3) is 0 Å². The number of anilines is 1. The Balaban J connectivity index is 1.47. The molecule has 3 aromatic rings. The van der Waals surface area contributed by atoms with Gasteiger partial charge in [0.25, 0.3) is 11.8 Å². The second-order valence-electron chi connectivity index (χ2n) is 7.71. The van der Waals surface area contributed by atoms with Crippen molar-refractivity contribution in [1.29, 1.82) is 0 Å². The van der Waals surface area contributed by atoms with Gasteiger partial charge < -0.3 is 10.6 Å². The third kappa shape index (κ3) is 4.97. The second-order valence-corrected chi connectivity index (χ2v) is 9.25. The van der Waals surface area contributed by atoms with Crippen LogP contribution in [0.5, 0.6) is 0 Å². The highest BCUT2D eigenvalue weighted by atomic mass is 32.2. The predicted octanol–water partition coefficient (Wildman–Crippen LogP) is 5.44. The van der Waals surface area contributed by atoms with Crippen LogP contribution < -0.4 is 10.6 Å². The molecule has 158 valence electrons. The number of benzene rings is 3. The molecule has 0 saturated heterocycles. The number of amides is 2. The van der Waals surface area contributed by atoms with Crippen LogP contribution in [0, 0.1) is 12.7 Å². The number of thioether (sulfide) groups is 1. The van der Waals surface area contributed by atoms with E-state index < -0.39 is 11.7 Å². The van der Waals surface area contributed by atoms with Crippen LogP contribution in [0.15, 0.2) is 77.7 Å². The largest absolute Gasteiger partial charge is 0.351 e. The average molecular weight is 435 g/mol. The fourth-order valence-corrected chi connectivity index (χ4v) is 4.62. The van der Waals surface area contributed by atoms with Gasteiger partial charge in [0.15, 0.2) is 0 Å². The number of carbonyl (C=O) groups excluding carboxylic acids is 2. The molecule has 0 heterocycles. The Kier molecular flexibility index (Phi) is 6.09. The topological polar surface area (TPSA) is 58.2 Å². The highest BCUT2D eigenvalue weighted by Gasteiger charge is 2.44. The molecule has 0 spiro atoms. The molecule has 6 heteroatoms. The van der Waals surface area contributed by atoms with Crippen molar-refractivity contribution in [3.8, 4) is 0 Å². The molecule has 31 heavy (non-hydrogen) atoms. The van der Waals surface area contributed by atoms with E-state index in [4.69, 9.17) is 0 Å². The normalized spacial score (nSPS) is 14.0. The Labute approximate surface area is 185 Å². The molecule has 2 amide bonds. The lowest BCUT2D eigenvalue weighted by Gasteiger charge is -2.18. The van der Waals surface area contributed by atoms with Gasteiger partial charge in [-0.1, -0.05) is 42.5 Å². The summed E-state index contributed by atoms with van der Waals surface area (Å²) < 4.78 is 14.0. The Hall–Kier alpha value is -3.12. The molecule has 1 saturated carbocycles. The Morgan fingerprint density at radius 3 is 2.29 bits per heavy atom. The van der Waals surface area contributed by atoms with Gasteiger partial charge >= 0.3 is 0 Å². The monoisotopic (exact) mass is 434 g/mol. The van der Waals surface area contributed by atoms with Gasteiger partial charge in [0.2, 0.25) is 0 Å². The minimum atomic E-state index is -0.604. The van der Waals surface area contributed by atoms with Crippen molar-refractivity contribution in [1.82, 2.24) is 5.32 Å². The molecule has 1 aliphatic rings. The molecule has 0 aliphatic heterocycles. The standard InChI is InChI=1S/C25H23FN2O2S/c1-17-8-7-12-20(22(17)28-24(30)19-11-5-6-13-21(19)26)23(29)27-16-25(14-15-25)31-18-9-3-2-4-10-18/h2-13H,14-16H2,1H3,(H,27,29)(H,28,30). The van der Waals surface area contributed by atoms with Crippen molar-refractivity contribution < 1.29 is 14.0 Å². The summed E-state index contributed by atoms with van der Waals surface area (Å²) in [6, 6.07) is 21.2. The van der Waals surface area contributed by atoms with E-state index in [-0.39, 0.29) is 16.2 Å². The zero-order valence-corrected chi connectivity index (χ0v) is 18.0. The Morgan fingerprint density at radius 1 is 0.903 bits per heavy atom.